The minimum Gasteiger partial charge on any atom is -0.399 e. The minimum absolute atomic E-state index is 0.00785. The van der Waals surface area contributed by atoms with Gasteiger partial charge in [0.1, 0.15) is 4.90 Å². The van der Waals surface area contributed by atoms with Gasteiger partial charge in [-0.05, 0) is 36.4 Å². The zero-order valence-corrected chi connectivity index (χ0v) is 11.1. The molecule has 0 aliphatic carbocycles. The summed E-state index contributed by atoms with van der Waals surface area (Å²) in [7, 11) is -4.20. The average molecular weight is 292 g/mol. The second kappa shape index (κ2) is 5.22. The van der Waals surface area contributed by atoms with E-state index in [2.05, 4.69) is 4.18 Å². The van der Waals surface area contributed by atoms with Gasteiger partial charge < -0.3 is 15.7 Å². The van der Waals surface area contributed by atoms with E-state index in [1.165, 1.54) is 36.4 Å². The highest BCUT2D eigenvalue weighted by Crippen LogP contribution is 2.18. The molecule has 0 fully saturated rings. The van der Waals surface area contributed by atoms with Gasteiger partial charge in [0.25, 0.3) is 0 Å². The van der Waals surface area contributed by atoms with Crippen LogP contribution in [0.5, 0.6) is 0 Å². The number of rotatable bonds is 3. The molecule has 0 atom stereocenters. The molecular formula is C13H12N2O4S. The molecule has 0 aliphatic heterocycles. The molecule has 0 unspecified atom stereocenters. The first-order valence-electron chi connectivity index (χ1n) is 5.59. The Kier molecular flexibility index (Phi) is 3.62. The van der Waals surface area contributed by atoms with Gasteiger partial charge in [-0.3, -0.25) is 0 Å². The van der Waals surface area contributed by atoms with E-state index >= 15 is 0 Å². The van der Waals surface area contributed by atoms with Gasteiger partial charge in [0.15, 0.2) is 0 Å². The van der Waals surface area contributed by atoms with Crippen molar-refractivity contribution < 1.29 is 17.4 Å². The van der Waals surface area contributed by atoms with Crippen LogP contribution in [-0.4, -0.2) is 14.4 Å². The van der Waals surface area contributed by atoms with Crippen LogP contribution in [0.1, 0.15) is 10.4 Å². The number of carbonyl (C=O) groups excluding carboxylic acids is 1. The number of nitrogens with two attached hydrogens (primary N) is 2. The van der Waals surface area contributed by atoms with E-state index < -0.39 is 16.1 Å². The Bertz CT molecular complexity index is 739. The van der Waals surface area contributed by atoms with E-state index in [0.29, 0.717) is 5.69 Å². The van der Waals surface area contributed by atoms with Gasteiger partial charge in [-0.15, -0.1) is 0 Å². The smallest absolute Gasteiger partial charge is 0.356 e. The van der Waals surface area contributed by atoms with Gasteiger partial charge >= 0.3 is 16.1 Å². The second-order valence-corrected chi connectivity index (χ2v) is 5.53. The maximum atomic E-state index is 11.9. The molecule has 0 aliphatic rings. The van der Waals surface area contributed by atoms with Crippen molar-refractivity contribution in [1.29, 1.82) is 0 Å². The predicted octanol–water partition coefficient (Wildman–Crippen LogP) is 1.40. The van der Waals surface area contributed by atoms with E-state index in [1.54, 1.807) is 12.1 Å². The molecule has 2 rings (SSSR count). The number of hydrogen-bond donors (Lipinski definition) is 2. The van der Waals surface area contributed by atoms with Gasteiger partial charge in [0, 0.05) is 11.4 Å². The van der Waals surface area contributed by atoms with E-state index in [-0.39, 0.29) is 16.1 Å². The van der Waals surface area contributed by atoms with Crippen LogP contribution in [0, 0.1) is 0 Å². The molecule has 4 N–H and O–H groups in total. The fourth-order valence-electron chi connectivity index (χ4n) is 1.51. The van der Waals surface area contributed by atoms with Crippen LogP contribution < -0.4 is 11.5 Å². The summed E-state index contributed by atoms with van der Waals surface area (Å²) in [5, 5.41) is 0. The third-order valence-corrected chi connectivity index (χ3v) is 3.76. The summed E-state index contributed by atoms with van der Waals surface area (Å²) in [6.07, 6.45) is 0. The van der Waals surface area contributed by atoms with Crippen molar-refractivity contribution >= 4 is 27.5 Å². The lowest BCUT2D eigenvalue weighted by Crippen LogP contribution is -2.14. The minimum atomic E-state index is -4.20. The van der Waals surface area contributed by atoms with Gasteiger partial charge in [-0.2, -0.15) is 8.42 Å². The van der Waals surface area contributed by atoms with Gasteiger partial charge in [0.2, 0.25) is 0 Å². The number of anilines is 2. The van der Waals surface area contributed by atoms with E-state index in [4.69, 9.17) is 11.5 Å². The summed E-state index contributed by atoms with van der Waals surface area (Å²) in [5.74, 6) is -1.03. The van der Waals surface area contributed by atoms with Gasteiger partial charge in [0.05, 0.1) is 5.56 Å². The van der Waals surface area contributed by atoms with Crippen molar-refractivity contribution in [1.82, 2.24) is 0 Å². The first kappa shape index (κ1) is 13.9. The Balaban J connectivity index is 2.27. The van der Waals surface area contributed by atoms with Crippen LogP contribution in [0.15, 0.2) is 53.4 Å². The average Bonchev–Trinajstić information content (AvgIpc) is 2.39. The number of carbonyl (C=O) groups is 1. The Morgan fingerprint density at radius 3 is 2.15 bits per heavy atom. The molecule has 7 heteroatoms. The third kappa shape index (κ3) is 2.89. The van der Waals surface area contributed by atoms with Crippen molar-refractivity contribution in [2.75, 3.05) is 11.5 Å². The van der Waals surface area contributed by atoms with E-state index in [9.17, 15) is 13.2 Å². The normalized spacial score (nSPS) is 11.0. The third-order valence-electron chi connectivity index (χ3n) is 2.53. The van der Waals surface area contributed by atoms with Crippen LogP contribution >= 0.6 is 0 Å². The van der Waals surface area contributed by atoms with Crippen molar-refractivity contribution in [3.8, 4) is 0 Å². The maximum Gasteiger partial charge on any atom is 0.356 e. The summed E-state index contributed by atoms with van der Waals surface area (Å²) in [6.45, 7) is 0. The second-order valence-electron chi connectivity index (χ2n) is 3.98. The lowest BCUT2D eigenvalue weighted by atomic mass is 10.2. The predicted molar refractivity (Wildman–Crippen MR) is 74.3 cm³/mol. The molecular weight excluding hydrogens is 280 g/mol. The van der Waals surface area contributed by atoms with E-state index in [0.717, 1.165) is 0 Å². The zero-order valence-electron chi connectivity index (χ0n) is 10.3. The fraction of sp³-hybridized carbons (Fsp3) is 0. The molecule has 0 amide bonds. The van der Waals surface area contributed by atoms with Crippen molar-refractivity contribution in [2.24, 2.45) is 0 Å². The Hall–Kier alpha value is -2.54. The molecule has 20 heavy (non-hydrogen) atoms. The molecule has 0 radical (unpaired) electrons. The summed E-state index contributed by atoms with van der Waals surface area (Å²) >= 11 is 0. The highest BCUT2D eigenvalue weighted by atomic mass is 32.2. The zero-order chi connectivity index (χ0) is 14.8. The quantitative estimate of drug-likeness (QED) is 0.653. The standard InChI is InChI=1S/C13H12N2O4S/c14-9-5-7-10(8-6-9)20(17,18)19-13(16)11-3-1-2-4-12(11)15/h1-8H,14-15H2. The van der Waals surface area contributed by atoms with Gasteiger partial charge in [-0.1, -0.05) is 12.1 Å². The topological polar surface area (TPSA) is 112 Å². The van der Waals surface area contributed by atoms with Crippen molar-refractivity contribution in [3.63, 3.8) is 0 Å². The summed E-state index contributed by atoms with van der Waals surface area (Å²) < 4.78 is 28.4. The lowest BCUT2D eigenvalue weighted by molar-refractivity contribution is 0.0748. The van der Waals surface area contributed by atoms with Crippen LogP contribution in [0.3, 0.4) is 0 Å². The first-order chi connectivity index (χ1) is 9.40. The molecule has 6 nitrogen and oxygen atoms in total. The summed E-state index contributed by atoms with van der Waals surface area (Å²) in [5.41, 5.74) is 11.6. The molecule has 0 bridgehead atoms. The maximum absolute atomic E-state index is 11.9. The largest absolute Gasteiger partial charge is 0.399 e. The molecule has 2 aromatic rings. The number of hydrogen-bond acceptors (Lipinski definition) is 6. The van der Waals surface area contributed by atoms with Crippen LogP contribution in [-0.2, 0) is 14.3 Å². The van der Waals surface area contributed by atoms with Crippen molar-refractivity contribution in [3.05, 3.63) is 54.1 Å². The van der Waals surface area contributed by atoms with Crippen LogP contribution in [0.4, 0.5) is 11.4 Å². The highest BCUT2D eigenvalue weighted by molar-refractivity contribution is 7.87. The van der Waals surface area contributed by atoms with E-state index in [1.807, 2.05) is 0 Å². The summed E-state index contributed by atoms with van der Waals surface area (Å²) in [4.78, 5) is 11.7. The monoisotopic (exact) mass is 292 g/mol. The molecule has 0 saturated heterocycles. The summed E-state index contributed by atoms with van der Waals surface area (Å²) in [6, 6.07) is 11.4. The Morgan fingerprint density at radius 1 is 0.950 bits per heavy atom. The van der Waals surface area contributed by atoms with Crippen LogP contribution in [0.25, 0.3) is 0 Å². The molecule has 0 saturated carbocycles. The fourth-order valence-corrected chi connectivity index (χ4v) is 2.36. The Labute approximate surface area is 116 Å². The van der Waals surface area contributed by atoms with Crippen LogP contribution in [0.2, 0.25) is 0 Å². The van der Waals surface area contributed by atoms with Gasteiger partial charge in [-0.25, -0.2) is 4.79 Å². The molecule has 0 heterocycles. The first-order valence-corrected chi connectivity index (χ1v) is 7.00. The van der Waals surface area contributed by atoms with Crippen molar-refractivity contribution in [2.45, 2.75) is 4.90 Å². The highest BCUT2D eigenvalue weighted by Gasteiger charge is 2.22. The molecule has 0 aromatic heterocycles. The molecule has 2 aromatic carbocycles. The molecule has 0 spiro atoms. The number of benzene rings is 2. The lowest BCUT2D eigenvalue weighted by Gasteiger charge is -2.07. The number of nitrogen functional groups attached to an aromatic ring is 2. The molecule has 104 valence electrons. The number of para-hydroxylation sites is 1. The SMILES string of the molecule is Nc1ccc(S(=O)(=O)OC(=O)c2ccccc2N)cc1. The Morgan fingerprint density at radius 2 is 1.55 bits per heavy atom.